The van der Waals surface area contributed by atoms with Crippen LogP contribution < -0.4 is 11.1 Å². The molecule has 1 rings (SSSR count). The summed E-state index contributed by atoms with van der Waals surface area (Å²) < 4.78 is 0. The summed E-state index contributed by atoms with van der Waals surface area (Å²) in [7, 11) is 0. The second kappa shape index (κ2) is 5.46. The zero-order valence-corrected chi connectivity index (χ0v) is 9.16. The second-order valence-electron chi connectivity index (χ2n) is 3.75. The fourth-order valence-electron chi connectivity index (χ4n) is 1.12. The van der Waals surface area contributed by atoms with Crippen molar-refractivity contribution in [2.24, 2.45) is 5.73 Å². The van der Waals surface area contributed by atoms with E-state index in [1.54, 1.807) is 6.20 Å². The van der Waals surface area contributed by atoms with Crippen LogP contribution in [0.25, 0.3) is 0 Å². The van der Waals surface area contributed by atoms with Crippen LogP contribution in [0.5, 0.6) is 0 Å². The van der Waals surface area contributed by atoms with E-state index in [0.717, 1.165) is 11.4 Å². The van der Waals surface area contributed by atoms with Gasteiger partial charge in [0.25, 0.3) is 0 Å². The highest BCUT2D eigenvalue weighted by Gasteiger charge is 2.03. The van der Waals surface area contributed by atoms with Gasteiger partial charge in [-0.2, -0.15) is 0 Å². The minimum absolute atomic E-state index is 0.0158. The van der Waals surface area contributed by atoms with Gasteiger partial charge >= 0.3 is 0 Å². The predicted molar refractivity (Wildman–Crippen MR) is 60.5 cm³/mol. The number of aryl methyl sites for hydroxylation is 1. The van der Waals surface area contributed by atoms with Gasteiger partial charge < -0.3 is 11.1 Å². The highest BCUT2D eigenvalue weighted by atomic mass is 16.1. The molecule has 0 spiro atoms. The molecule has 0 saturated carbocycles. The molecular weight excluding hydrogens is 190 g/mol. The number of nitrogens with two attached hydrogens (primary N) is 1. The number of carbonyl (C=O) groups is 1. The number of carbonyl (C=O) groups excluding carboxylic acids is 1. The Bertz CT molecular complexity index is 319. The number of nitrogens with zero attached hydrogens (tertiary/aromatic N) is 1. The quantitative estimate of drug-likeness (QED) is 0.785. The number of rotatable bonds is 4. The van der Waals surface area contributed by atoms with Gasteiger partial charge in [0.05, 0.1) is 11.9 Å². The number of amides is 1. The van der Waals surface area contributed by atoms with Crippen LogP contribution in [0.2, 0.25) is 0 Å². The highest BCUT2D eigenvalue weighted by Crippen LogP contribution is 2.06. The topological polar surface area (TPSA) is 68.0 Å². The van der Waals surface area contributed by atoms with Gasteiger partial charge in [-0.15, -0.1) is 0 Å². The third-order valence-corrected chi connectivity index (χ3v) is 2.02. The molecule has 3 N–H and O–H groups in total. The minimum Gasteiger partial charge on any atom is -0.328 e. The normalized spacial score (nSPS) is 12.2. The Morgan fingerprint density at radius 3 is 2.87 bits per heavy atom. The van der Waals surface area contributed by atoms with E-state index >= 15 is 0 Å². The fraction of sp³-hybridized carbons (Fsp3) is 0.455. The lowest BCUT2D eigenvalue weighted by molar-refractivity contribution is -0.116. The maximum absolute atomic E-state index is 11.4. The third-order valence-electron chi connectivity index (χ3n) is 2.02. The molecule has 1 aromatic heterocycles. The molecule has 0 radical (unpaired) electrons. The Labute approximate surface area is 89.9 Å². The van der Waals surface area contributed by atoms with Crippen molar-refractivity contribution in [2.45, 2.75) is 32.7 Å². The molecule has 1 atom stereocenters. The van der Waals surface area contributed by atoms with Crippen molar-refractivity contribution >= 4 is 11.6 Å². The van der Waals surface area contributed by atoms with Gasteiger partial charge in [-0.05, 0) is 32.4 Å². The van der Waals surface area contributed by atoms with Crippen molar-refractivity contribution in [3.05, 3.63) is 24.0 Å². The predicted octanol–water partition coefficient (Wildman–Crippen LogP) is 1.46. The molecule has 0 bridgehead atoms. The molecule has 0 aromatic carbocycles. The van der Waals surface area contributed by atoms with E-state index < -0.39 is 0 Å². The van der Waals surface area contributed by atoms with Crippen LogP contribution in [-0.4, -0.2) is 16.9 Å². The molecule has 1 heterocycles. The first-order chi connectivity index (χ1) is 7.08. The summed E-state index contributed by atoms with van der Waals surface area (Å²) in [6.07, 6.45) is 2.80. The van der Waals surface area contributed by atoms with Crippen molar-refractivity contribution in [1.82, 2.24) is 4.98 Å². The number of aromatic nitrogens is 1. The lowest BCUT2D eigenvalue weighted by Crippen LogP contribution is -2.19. The lowest BCUT2D eigenvalue weighted by Gasteiger charge is -2.06. The first-order valence-corrected chi connectivity index (χ1v) is 5.06. The summed E-state index contributed by atoms with van der Waals surface area (Å²) in [6.45, 7) is 3.79. The van der Waals surface area contributed by atoms with Gasteiger partial charge in [-0.1, -0.05) is 0 Å². The SMILES string of the molecule is Cc1ccc(NC(=O)CCC(C)N)cn1. The van der Waals surface area contributed by atoms with Gasteiger partial charge in [0, 0.05) is 18.2 Å². The van der Waals surface area contributed by atoms with Crippen molar-refractivity contribution in [2.75, 3.05) is 5.32 Å². The Kier molecular flexibility index (Phi) is 4.24. The molecule has 4 nitrogen and oxygen atoms in total. The molecule has 1 aromatic rings. The molecule has 0 aliphatic rings. The summed E-state index contributed by atoms with van der Waals surface area (Å²) in [5.74, 6) is -0.0158. The Morgan fingerprint density at radius 1 is 1.60 bits per heavy atom. The van der Waals surface area contributed by atoms with Crippen LogP contribution >= 0.6 is 0 Å². The Hall–Kier alpha value is -1.42. The fourth-order valence-corrected chi connectivity index (χ4v) is 1.12. The van der Waals surface area contributed by atoms with E-state index in [2.05, 4.69) is 10.3 Å². The van der Waals surface area contributed by atoms with E-state index in [4.69, 9.17) is 5.73 Å². The van der Waals surface area contributed by atoms with Crippen LogP contribution in [-0.2, 0) is 4.79 Å². The number of hydrogen-bond acceptors (Lipinski definition) is 3. The van der Waals surface area contributed by atoms with Crippen molar-refractivity contribution in [3.8, 4) is 0 Å². The van der Waals surface area contributed by atoms with Gasteiger partial charge in [0.2, 0.25) is 5.91 Å². The number of hydrogen-bond donors (Lipinski definition) is 2. The Morgan fingerprint density at radius 2 is 2.33 bits per heavy atom. The molecule has 15 heavy (non-hydrogen) atoms. The molecule has 4 heteroatoms. The van der Waals surface area contributed by atoms with Crippen LogP contribution in [0, 0.1) is 6.92 Å². The minimum atomic E-state index is -0.0158. The summed E-state index contributed by atoms with van der Waals surface area (Å²) in [5.41, 5.74) is 7.23. The molecule has 0 saturated heterocycles. The molecule has 1 unspecified atom stereocenters. The first kappa shape index (κ1) is 11.7. The average molecular weight is 207 g/mol. The van der Waals surface area contributed by atoms with E-state index in [0.29, 0.717) is 12.8 Å². The molecular formula is C11H17N3O. The smallest absolute Gasteiger partial charge is 0.224 e. The second-order valence-corrected chi connectivity index (χ2v) is 3.75. The van der Waals surface area contributed by atoms with Crippen molar-refractivity contribution in [1.29, 1.82) is 0 Å². The zero-order valence-electron chi connectivity index (χ0n) is 9.16. The zero-order chi connectivity index (χ0) is 11.3. The molecule has 82 valence electrons. The van der Waals surface area contributed by atoms with Crippen molar-refractivity contribution < 1.29 is 4.79 Å². The summed E-state index contributed by atoms with van der Waals surface area (Å²) in [4.78, 5) is 15.5. The lowest BCUT2D eigenvalue weighted by atomic mass is 10.2. The van der Waals surface area contributed by atoms with Crippen LogP contribution in [0.15, 0.2) is 18.3 Å². The van der Waals surface area contributed by atoms with Crippen LogP contribution in [0.4, 0.5) is 5.69 Å². The number of pyridine rings is 1. The van der Waals surface area contributed by atoms with Gasteiger partial charge in [-0.3, -0.25) is 9.78 Å². The van der Waals surface area contributed by atoms with Crippen LogP contribution in [0.1, 0.15) is 25.5 Å². The van der Waals surface area contributed by atoms with Gasteiger partial charge in [-0.25, -0.2) is 0 Å². The first-order valence-electron chi connectivity index (χ1n) is 5.06. The van der Waals surface area contributed by atoms with E-state index in [-0.39, 0.29) is 11.9 Å². The summed E-state index contributed by atoms with van der Waals surface area (Å²) in [6, 6.07) is 3.76. The maximum atomic E-state index is 11.4. The standard InChI is InChI=1S/C11H17N3O/c1-8(12)3-6-11(15)14-10-5-4-9(2)13-7-10/h4-5,7-8H,3,6,12H2,1-2H3,(H,14,15). The van der Waals surface area contributed by atoms with E-state index in [1.807, 2.05) is 26.0 Å². The van der Waals surface area contributed by atoms with E-state index in [1.165, 1.54) is 0 Å². The Balaban J connectivity index is 2.41. The summed E-state index contributed by atoms with van der Waals surface area (Å²) in [5, 5.41) is 2.77. The maximum Gasteiger partial charge on any atom is 0.224 e. The largest absolute Gasteiger partial charge is 0.328 e. The van der Waals surface area contributed by atoms with E-state index in [9.17, 15) is 4.79 Å². The summed E-state index contributed by atoms with van der Waals surface area (Å²) >= 11 is 0. The highest BCUT2D eigenvalue weighted by molar-refractivity contribution is 5.90. The average Bonchev–Trinajstić information content (AvgIpc) is 2.19. The molecule has 0 fully saturated rings. The molecule has 0 aliphatic heterocycles. The number of nitrogens with one attached hydrogen (secondary N) is 1. The molecule has 1 amide bonds. The monoisotopic (exact) mass is 207 g/mol. The number of anilines is 1. The third kappa shape index (κ3) is 4.56. The van der Waals surface area contributed by atoms with Gasteiger partial charge in [0.15, 0.2) is 0 Å². The molecule has 0 aliphatic carbocycles. The van der Waals surface area contributed by atoms with Crippen molar-refractivity contribution in [3.63, 3.8) is 0 Å². The van der Waals surface area contributed by atoms with Gasteiger partial charge in [0.1, 0.15) is 0 Å². The van der Waals surface area contributed by atoms with Crippen LogP contribution in [0.3, 0.4) is 0 Å².